The van der Waals surface area contributed by atoms with Crippen molar-refractivity contribution in [3.63, 3.8) is 0 Å². The molecule has 1 saturated heterocycles. The van der Waals surface area contributed by atoms with Gasteiger partial charge in [-0.25, -0.2) is 9.79 Å². The van der Waals surface area contributed by atoms with Gasteiger partial charge in [0.25, 0.3) is 5.91 Å². The van der Waals surface area contributed by atoms with Crippen molar-refractivity contribution in [1.82, 2.24) is 0 Å². The quantitative estimate of drug-likeness (QED) is 0.202. The van der Waals surface area contributed by atoms with Crippen molar-refractivity contribution >= 4 is 75.8 Å². The minimum absolute atomic E-state index is 0.0788. The first-order chi connectivity index (χ1) is 22.4. The SMILES string of the molecule is CCOC(=O)c1ccc(N2C(=O)C(=Cc3cccs3)N=C2S[C@@H]2O[C@H](COC(C)=O)[C@@H](OC(C)=O)[C@H](OC(C)=O)[C@H]2OC(C)=O)cc1. The first kappa shape index (κ1) is 35.3. The highest BCUT2D eigenvalue weighted by Gasteiger charge is 2.53. The number of aliphatic imine (C=N–C) groups is 1. The molecular formula is C31H32N2O12S2. The summed E-state index contributed by atoms with van der Waals surface area (Å²) in [6, 6.07) is 9.71. The van der Waals surface area contributed by atoms with Crippen LogP contribution in [0, 0.1) is 0 Å². The first-order valence-corrected chi connectivity index (χ1v) is 16.1. The number of carbonyl (C=O) groups excluding carboxylic acids is 6. The minimum Gasteiger partial charge on any atom is -0.463 e. The summed E-state index contributed by atoms with van der Waals surface area (Å²) >= 11 is 2.26. The summed E-state index contributed by atoms with van der Waals surface area (Å²) in [4.78, 5) is 81.0. The highest BCUT2D eigenvalue weighted by molar-refractivity contribution is 8.14. The second kappa shape index (κ2) is 15.8. The Labute approximate surface area is 278 Å². The third-order valence-corrected chi connectivity index (χ3v) is 8.37. The van der Waals surface area contributed by atoms with Gasteiger partial charge in [0.2, 0.25) is 0 Å². The van der Waals surface area contributed by atoms with Crippen molar-refractivity contribution in [3.8, 4) is 0 Å². The Morgan fingerprint density at radius 1 is 0.894 bits per heavy atom. The number of rotatable bonds is 10. The second-order valence-corrected chi connectivity index (χ2v) is 12.1. The number of hydrogen-bond donors (Lipinski definition) is 0. The van der Waals surface area contributed by atoms with Gasteiger partial charge in [-0.2, -0.15) is 0 Å². The van der Waals surface area contributed by atoms with Crippen molar-refractivity contribution in [2.75, 3.05) is 18.1 Å². The highest BCUT2D eigenvalue weighted by Crippen LogP contribution is 2.39. The van der Waals surface area contributed by atoms with Crippen LogP contribution in [0.3, 0.4) is 0 Å². The summed E-state index contributed by atoms with van der Waals surface area (Å²) in [6.45, 7) is 6.01. The molecule has 1 aromatic carbocycles. The fourth-order valence-corrected chi connectivity index (χ4v) is 6.51. The Kier molecular flexibility index (Phi) is 11.9. The Morgan fingerprint density at radius 2 is 1.53 bits per heavy atom. The number of anilines is 1. The molecule has 0 aliphatic carbocycles. The van der Waals surface area contributed by atoms with Gasteiger partial charge < -0.3 is 28.4 Å². The molecule has 1 amide bonds. The lowest BCUT2D eigenvalue weighted by Crippen LogP contribution is -2.61. The van der Waals surface area contributed by atoms with E-state index in [0.717, 1.165) is 37.4 Å². The van der Waals surface area contributed by atoms with Crippen LogP contribution >= 0.6 is 23.1 Å². The van der Waals surface area contributed by atoms with Gasteiger partial charge in [-0.3, -0.25) is 28.9 Å². The van der Waals surface area contributed by atoms with E-state index >= 15 is 0 Å². The number of benzene rings is 1. The number of amides is 1. The molecule has 1 fully saturated rings. The van der Waals surface area contributed by atoms with Gasteiger partial charge in [0.15, 0.2) is 28.9 Å². The van der Waals surface area contributed by atoms with E-state index in [2.05, 4.69) is 4.99 Å². The van der Waals surface area contributed by atoms with Crippen LogP contribution in [0.5, 0.6) is 0 Å². The predicted molar refractivity (Wildman–Crippen MR) is 169 cm³/mol. The lowest BCUT2D eigenvalue weighted by molar-refractivity contribution is -0.237. The summed E-state index contributed by atoms with van der Waals surface area (Å²) in [5, 5.41) is 1.93. The summed E-state index contributed by atoms with van der Waals surface area (Å²) in [6.07, 6.45) is -3.70. The summed E-state index contributed by atoms with van der Waals surface area (Å²) < 4.78 is 33.0. The molecule has 4 rings (SSSR count). The smallest absolute Gasteiger partial charge is 0.338 e. The average Bonchev–Trinajstić information content (AvgIpc) is 3.62. The number of esters is 5. The Hall–Kier alpha value is -4.54. The zero-order chi connectivity index (χ0) is 34.2. The van der Waals surface area contributed by atoms with Gasteiger partial charge in [0.1, 0.15) is 18.4 Å². The van der Waals surface area contributed by atoms with Crippen molar-refractivity contribution < 1.29 is 57.2 Å². The average molecular weight is 689 g/mol. The zero-order valence-corrected chi connectivity index (χ0v) is 27.7. The van der Waals surface area contributed by atoms with Crippen LogP contribution in [0.4, 0.5) is 5.69 Å². The maximum atomic E-state index is 13.8. The van der Waals surface area contributed by atoms with Crippen LogP contribution in [0.25, 0.3) is 6.08 Å². The molecule has 5 atom stereocenters. The number of ether oxygens (including phenoxy) is 6. The molecule has 0 radical (unpaired) electrons. The van der Waals surface area contributed by atoms with Crippen molar-refractivity contribution in [1.29, 1.82) is 0 Å². The van der Waals surface area contributed by atoms with E-state index in [-0.39, 0.29) is 23.0 Å². The van der Waals surface area contributed by atoms with Gasteiger partial charge in [-0.15, -0.1) is 11.3 Å². The molecule has 16 heteroatoms. The minimum atomic E-state index is -1.40. The molecule has 250 valence electrons. The maximum Gasteiger partial charge on any atom is 0.338 e. The lowest BCUT2D eigenvalue weighted by Gasteiger charge is -2.44. The number of thioether (sulfide) groups is 1. The highest BCUT2D eigenvalue weighted by atomic mass is 32.2. The summed E-state index contributed by atoms with van der Waals surface area (Å²) in [5.41, 5.74) is -0.545. The van der Waals surface area contributed by atoms with Gasteiger partial charge in [0, 0.05) is 32.6 Å². The van der Waals surface area contributed by atoms with E-state index in [0.29, 0.717) is 5.69 Å². The second-order valence-electron chi connectivity index (χ2n) is 10.0. The monoisotopic (exact) mass is 688 g/mol. The van der Waals surface area contributed by atoms with E-state index in [1.807, 2.05) is 17.5 Å². The van der Waals surface area contributed by atoms with Gasteiger partial charge >= 0.3 is 29.8 Å². The van der Waals surface area contributed by atoms with Crippen molar-refractivity contribution in [2.24, 2.45) is 4.99 Å². The van der Waals surface area contributed by atoms with E-state index in [1.165, 1.54) is 35.3 Å². The molecule has 47 heavy (non-hydrogen) atoms. The normalized spacial score (nSPS) is 23.1. The first-order valence-electron chi connectivity index (χ1n) is 14.3. The van der Waals surface area contributed by atoms with Gasteiger partial charge in [0.05, 0.1) is 17.9 Å². The Bertz CT molecular complexity index is 1570. The lowest BCUT2D eigenvalue weighted by atomic mass is 9.99. The largest absolute Gasteiger partial charge is 0.463 e. The molecule has 2 aliphatic heterocycles. The molecule has 0 bridgehead atoms. The van der Waals surface area contributed by atoms with Crippen LogP contribution < -0.4 is 4.90 Å². The van der Waals surface area contributed by atoms with Crippen LogP contribution in [0.15, 0.2) is 52.5 Å². The van der Waals surface area contributed by atoms with Gasteiger partial charge in [-0.1, -0.05) is 17.8 Å². The molecule has 0 saturated carbocycles. The molecular weight excluding hydrogens is 656 g/mol. The van der Waals surface area contributed by atoms with Crippen molar-refractivity contribution in [3.05, 3.63) is 57.9 Å². The summed E-state index contributed by atoms with van der Waals surface area (Å²) in [7, 11) is 0. The molecule has 0 unspecified atom stereocenters. The molecule has 0 N–H and O–H groups in total. The number of carbonyl (C=O) groups is 6. The maximum absolute atomic E-state index is 13.8. The molecule has 0 spiro atoms. The molecule has 1 aromatic heterocycles. The fourth-order valence-electron chi connectivity index (χ4n) is 4.66. The number of nitrogens with zero attached hydrogens (tertiary/aromatic N) is 2. The molecule has 3 heterocycles. The molecule has 2 aliphatic rings. The van der Waals surface area contributed by atoms with Crippen molar-refractivity contribution in [2.45, 2.75) is 64.5 Å². The van der Waals surface area contributed by atoms with Gasteiger partial charge in [-0.05, 0) is 48.7 Å². The molecule has 14 nitrogen and oxygen atoms in total. The zero-order valence-electron chi connectivity index (χ0n) is 26.0. The van der Waals surface area contributed by atoms with Crippen LogP contribution in [0.1, 0.15) is 49.9 Å². The standard InChI is InChI=1S/C31H32N2O12S2/c1-6-40-29(39)20-9-11-21(12-10-20)33-28(38)23(14-22-8-7-13-46-22)32-31(33)47-30-27(44-19(5)37)26(43-18(4)36)25(42-17(3)35)24(45-30)15-41-16(2)34/h7-14,24-27,30H,6,15H2,1-5H3/t24-,25-,26+,27-,30+/m1/s1. The van der Waals surface area contributed by atoms with E-state index in [4.69, 9.17) is 28.4 Å². The van der Waals surface area contributed by atoms with E-state index < -0.39 is 72.2 Å². The number of amidine groups is 1. The number of thiophene rings is 1. The molecule has 2 aromatic rings. The Balaban J connectivity index is 1.78. The van der Waals surface area contributed by atoms with Crippen LogP contribution in [-0.2, 0) is 52.4 Å². The van der Waals surface area contributed by atoms with E-state index in [1.54, 1.807) is 25.1 Å². The topological polar surface area (TPSA) is 173 Å². The fraction of sp³-hybridized carbons (Fsp3) is 0.387. The third kappa shape index (κ3) is 9.05. The number of hydrogen-bond acceptors (Lipinski definition) is 15. The van der Waals surface area contributed by atoms with E-state index in [9.17, 15) is 28.8 Å². The summed E-state index contributed by atoms with van der Waals surface area (Å²) in [5.74, 6) is -4.00. The predicted octanol–water partition coefficient (Wildman–Crippen LogP) is 3.48. The third-order valence-electron chi connectivity index (χ3n) is 6.46. The Morgan fingerprint density at radius 3 is 2.11 bits per heavy atom. The van der Waals surface area contributed by atoms with Crippen LogP contribution in [-0.4, -0.2) is 84.0 Å². The van der Waals surface area contributed by atoms with Crippen LogP contribution in [0.2, 0.25) is 0 Å².